The van der Waals surface area contributed by atoms with Gasteiger partial charge in [0.25, 0.3) is 0 Å². The highest BCUT2D eigenvalue weighted by atomic mass is 19.1. The molecule has 1 atom stereocenters. The number of rotatable bonds is 4. The molecule has 8 nitrogen and oxygen atoms in total. The third kappa shape index (κ3) is 4.68. The molecule has 4 rings (SSSR count). The van der Waals surface area contributed by atoms with Gasteiger partial charge in [0.05, 0.1) is 11.7 Å². The largest absolute Gasteiger partial charge is 0.341 e. The number of carbonyl (C=O) groups excluding carboxylic acids is 2. The van der Waals surface area contributed by atoms with Crippen LogP contribution >= 0.6 is 0 Å². The maximum Gasteiger partial charge on any atom is 0.341 e. The van der Waals surface area contributed by atoms with Crippen molar-refractivity contribution >= 4 is 24.0 Å². The zero-order chi connectivity index (χ0) is 22.0. The smallest absolute Gasteiger partial charge is 0.337 e. The summed E-state index contributed by atoms with van der Waals surface area (Å²) in [4.78, 5) is 36.7. The summed E-state index contributed by atoms with van der Waals surface area (Å²) >= 11 is 0. The molecule has 0 radical (unpaired) electrons. The van der Waals surface area contributed by atoms with Gasteiger partial charge in [-0.15, -0.1) is 0 Å². The van der Waals surface area contributed by atoms with Gasteiger partial charge in [0.1, 0.15) is 17.4 Å². The van der Waals surface area contributed by atoms with Crippen LogP contribution in [0.5, 0.6) is 0 Å². The molecule has 3 heterocycles. The Morgan fingerprint density at radius 3 is 2.48 bits per heavy atom. The molecule has 2 amide bonds. The topological polar surface area (TPSA) is 82.0 Å². The molecule has 162 valence electrons. The monoisotopic (exact) mass is 428 g/mol. The van der Waals surface area contributed by atoms with Gasteiger partial charge in [0.15, 0.2) is 0 Å². The molecular weight excluding hydrogens is 406 g/mol. The number of hydrogen-bond donors (Lipinski definition) is 0. The average molecular weight is 428 g/mol. The molecule has 0 saturated carbocycles. The Labute approximate surface area is 178 Å². The highest BCUT2D eigenvalue weighted by molar-refractivity contribution is 5.79. The van der Waals surface area contributed by atoms with Gasteiger partial charge < -0.3 is 9.80 Å². The minimum atomic E-state index is -0.685. The fraction of sp³-hybridized carbons (Fsp3) is 0.381. The lowest BCUT2D eigenvalue weighted by Gasteiger charge is -2.37. The van der Waals surface area contributed by atoms with E-state index in [4.69, 9.17) is 0 Å². The molecule has 0 spiro atoms. The van der Waals surface area contributed by atoms with Crippen LogP contribution in [0.15, 0.2) is 35.6 Å². The molecule has 10 heteroatoms. The first kappa shape index (κ1) is 20.8. The fourth-order valence-corrected chi connectivity index (χ4v) is 3.78. The zero-order valence-electron chi connectivity index (χ0n) is 17.0. The number of carbonyl (C=O) groups is 2. The van der Waals surface area contributed by atoms with Gasteiger partial charge in [0, 0.05) is 57.5 Å². The van der Waals surface area contributed by atoms with Crippen LogP contribution in [0.4, 0.5) is 19.5 Å². The predicted octanol–water partition coefficient (Wildman–Crippen LogP) is 2.56. The summed E-state index contributed by atoms with van der Waals surface area (Å²) in [5, 5.41) is 5.43. The quantitative estimate of drug-likeness (QED) is 0.748. The number of Topliss-reactive ketones (excluding diaryl/α,β-unsaturated/α-hetero) is 1. The third-order valence-electron chi connectivity index (χ3n) is 5.26. The van der Waals surface area contributed by atoms with E-state index in [0.717, 1.165) is 6.07 Å². The number of benzene rings is 1. The van der Waals surface area contributed by atoms with Crippen LogP contribution in [0.2, 0.25) is 0 Å². The minimum Gasteiger partial charge on any atom is -0.337 e. The summed E-state index contributed by atoms with van der Waals surface area (Å²) < 4.78 is 27.3. The van der Waals surface area contributed by atoms with E-state index in [-0.39, 0.29) is 18.2 Å². The van der Waals surface area contributed by atoms with Gasteiger partial charge in [-0.2, -0.15) is 5.10 Å². The third-order valence-corrected chi connectivity index (χ3v) is 5.26. The van der Waals surface area contributed by atoms with Crippen molar-refractivity contribution in [2.75, 3.05) is 31.1 Å². The van der Waals surface area contributed by atoms with Crippen molar-refractivity contribution in [3.05, 3.63) is 53.4 Å². The normalized spacial score (nSPS) is 18.5. The number of amides is 2. The fourth-order valence-electron chi connectivity index (χ4n) is 3.78. The predicted molar refractivity (Wildman–Crippen MR) is 110 cm³/mol. The molecular formula is C21H22F2N6O2. The first-order chi connectivity index (χ1) is 14.9. The number of nitrogens with zero attached hydrogens (tertiary/aromatic N) is 6. The van der Waals surface area contributed by atoms with Gasteiger partial charge in [-0.1, -0.05) is 0 Å². The number of hydrogen-bond acceptors (Lipinski definition) is 6. The zero-order valence-corrected chi connectivity index (χ0v) is 17.0. The highest BCUT2D eigenvalue weighted by Crippen LogP contribution is 2.30. The first-order valence-electron chi connectivity index (χ1n) is 10.0. The molecule has 1 fully saturated rings. The summed E-state index contributed by atoms with van der Waals surface area (Å²) in [6.07, 6.45) is 3.85. The number of anilines is 1. The number of halogens is 2. The Hall–Kier alpha value is -3.43. The Bertz CT molecular complexity index is 1000. The molecule has 0 unspecified atom stereocenters. The second-order valence-corrected chi connectivity index (χ2v) is 7.58. The van der Waals surface area contributed by atoms with E-state index in [1.165, 1.54) is 24.1 Å². The average Bonchev–Trinajstić information content (AvgIpc) is 3.22. The van der Waals surface area contributed by atoms with Gasteiger partial charge in [-0.05, 0) is 30.7 Å². The molecule has 1 aromatic carbocycles. The molecule has 2 aliphatic rings. The Kier molecular flexibility index (Phi) is 5.88. The number of hydrazone groups is 1. The molecule has 0 aliphatic carbocycles. The van der Waals surface area contributed by atoms with Crippen LogP contribution in [-0.4, -0.2) is 64.1 Å². The molecule has 1 aromatic heterocycles. The number of urea groups is 1. The van der Waals surface area contributed by atoms with Crippen molar-refractivity contribution in [1.29, 1.82) is 0 Å². The van der Waals surface area contributed by atoms with Crippen molar-refractivity contribution in [3.63, 3.8) is 0 Å². The summed E-state index contributed by atoms with van der Waals surface area (Å²) in [7, 11) is 0. The minimum absolute atomic E-state index is 0.0268. The maximum atomic E-state index is 13.6. The van der Waals surface area contributed by atoms with Crippen LogP contribution in [-0.2, 0) is 11.2 Å². The maximum absolute atomic E-state index is 13.6. The molecule has 0 N–H and O–H groups in total. The molecule has 31 heavy (non-hydrogen) atoms. The second kappa shape index (κ2) is 8.75. The van der Waals surface area contributed by atoms with E-state index >= 15 is 0 Å². The van der Waals surface area contributed by atoms with Crippen LogP contribution in [0.25, 0.3) is 0 Å². The summed E-state index contributed by atoms with van der Waals surface area (Å²) in [6.45, 7) is 3.40. The van der Waals surface area contributed by atoms with Crippen LogP contribution in [0.3, 0.4) is 0 Å². The molecule has 2 aliphatic heterocycles. The number of ketones is 1. The van der Waals surface area contributed by atoms with Crippen LogP contribution in [0.1, 0.15) is 30.6 Å². The molecule has 1 saturated heterocycles. The van der Waals surface area contributed by atoms with E-state index in [0.29, 0.717) is 49.8 Å². The lowest BCUT2D eigenvalue weighted by molar-refractivity contribution is -0.116. The van der Waals surface area contributed by atoms with Crippen LogP contribution < -0.4 is 4.90 Å². The Morgan fingerprint density at radius 1 is 1.10 bits per heavy atom. The summed E-state index contributed by atoms with van der Waals surface area (Å²) in [6, 6.07) is 4.12. The number of piperazine rings is 1. The number of aromatic nitrogens is 2. The van der Waals surface area contributed by atoms with Crippen molar-refractivity contribution in [2.24, 2.45) is 5.10 Å². The van der Waals surface area contributed by atoms with Gasteiger partial charge in [-0.25, -0.2) is 28.6 Å². The van der Waals surface area contributed by atoms with E-state index < -0.39 is 17.7 Å². The van der Waals surface area contributed by atoms with Crippen LogP contribution in [0, 0.1) is 11.6 Å². The SMILES string of the molecule is CC(=O)Cc1ccnc(N2CCN(C(=O)N3N=CC[C@H]3c3cc(F)cc(F)c3)CC2)n1. The lowest BCUT2D eigenvalue weighted by atomic mass is 10.0. The van der Waals surface area contributed by atoms with Gasteiger partial charge in [0.2, 0.25) is 5.95 Å². The Morgan fingerprint density at radius 2 is 1.81 bits per heavy atom. The lowest BCUT2D eigenvalue weighted by Crippen LogP contribution is -2.52. The van der Waals surface area contributed by atoms with E-state index in [2.05, 4.69) is 15.1 Å². The summed E-state index contributed by atoms with van der Waals surface area (Å²) in [5.41, 5.74) is 1.03. The summed E-state index contributed by atoms with van der Waals surface area (Å²) in [5.74, 6) is -0.818. The van der Waals surface area contributed by atoms with E-state index in [9.17, 15) is 18.4 Å². The Balaban J connectivity index is 1.41. The van der Waals surface area contributed by atoms with Crippen molar-refractivity contribution in [2.45, 2.75) is 25.8 Å². The van der Waals surface area contributed by atoms with Gasteiger partial charge in [-0.3, -0.25) is 4.79 Å². The molecule has 0 bridgehead atoms. The van der Waals surface area contributed by atoms with Crippen molar-refractivity contribution in [1.82, 2.24) is 19.9 Å². The standard InChI is InChI=1S/C21H22F2N6O2/c1-14(30)10-18-2-4-24-20(26-18)27-6-8-28(9-7-27)21(31)29-19(3-5-25-29)15-11-16(22)13-17(23)12-15/h2,4-5,11-13,19H,3,6-10H2,1H3/t19-/m0/s1. The van der Waals surface area contributed by atoms with E-state index in [1.807, 2.05) is 4.90 Å². The second-order valence-electron chi connectivity index (χ2n) is 7.58. The first-order valence-corrected chi connectivity index (χ1v) is 10.0. The van der Waals surface area contributed by atoms with Crippen molar-refractivity contribution < 1.29 is 18.4 Å². The van der Waals surface area contributed by atoms with Crippen molar-refractivity contribution in [3.8, 4) is 0 Å². The molecule has 2 aromatic rings. The van der Waals surface area contributed by atoms with Gasteiger partial charge >= 0.3 is 6.03 Å². The highest BCUT2D eigenvalue weighted by Gasteiger charge is 2.33. The van der Waals surface area contributed by atoms with E-state index in [1.54, 1.807) is 23.4 Å².